The number of amides is 1. The molecule has 7 heteroatoms. The average Bonchev–Trinajstić information content (AvgIpc) is 2.97. The molecule has 5 nitrogen and oxygen atoms in total. The van der Waals surface area contributed by atoms with E-state index in [9.17, 15) is 4.79 Å². The van der Waals surface area contributed by atoms with Gasteiger partial charge in [0, 0.05) is 22.5 Å². The Balaban J connectivity index is 1.89. The predicted octanol–water partition coefficient (Wildman–Crippen LogP) is 4.09. The van der Waals surface area contributed by atoms with Crippen LogP contribution < -0.4 is 11.1 Å². The molecule has 0 aliphatic heterocycles. The van der Waals surface area contributed by atoms with Crippen molar-refractivity contribution in [2.75, 3.05) is 11.9 Å². The number of carbonyl (C=O) groups excluding carboxylic acids is 1. The maximum atomic E-state index is 12.0. The first kappa shape index (κ1) is 18.8. The number of rotatable bonds is 9. The fourth-order valence-electron chi connectivity index (χ4n) is 2.36. The van der Waals surface area contributed by atoms with Gasteiger partial charge in [-0.1, -0.05) is 42.1 Å². The van der Waals surface area contributed by atoms with Crippen LogP contribution >= 0.6 is 23.2 Å². The lowest BCUT2D eigenvalue weighted by atomic mass is 10.1. The topological polar surface area (TPSA) is 72.9 Å². The molecule has 2 aromatic rings. The van der Waals surface area contributed by atoms with Gasteiger partial charge in [-0.15, -0.1) is 0 Å². The molecule has 1 aromatic heterocycles. The maximum Gasteiger partial charge on any atom is 0.225 e. The van der Waals surface area contributed by atoms with Crippen LogP contribution in [0.3, 0.4) is 0 Å². The van der Waals surface area contributed by atoms with Crippen molar-refractivity contribution >= 4 is 34.9 Å². The summed E-state index contributed by atoms with van der Waals surface area (Å²) in [5.74, 6) is 0.652. The number of hydrogen-bond acceptors (Lipinski definition) is 3. The standard InChI is InChI=1S/C17H22Cl2N4O/c18-14-7-6-13(15(19)11-14)12-23-16(8-10-21-23)22-17(24)5-3-1-2-4-9-20/h6-8,10-11H,1-5,9,12,20H2,(H,22,24). The number of nitrogens with two attached hydrogens (primary N) is 1. The highest BCUT2D eigenvalue weighted by molar-refractivity contribution is 6.35. The number of benzene rings is 1. The summed E-state index contributed by atoms with van der Waals surface area (Å²) in [5.41, 5.74) is 6.34. The molecule has 0 radical (unpaired) electrons. The molecule has 1 heterocycles. The van der Waals surface area contributed by atoms with Gasteiger partial charge in [0.2, 0.25) is 5.91 Å². The molecule has 24 heavy (non-hydrogen) atoms. The molecule has 0 bridgehead atoms. The van der Waals surface area contributed by atoms with Gasteiger partial charge in [0.15, 0.2) is 0 Å². The third-order valence-electron chi connectivity index (χ3n) is 3.68. The average molecular weight is 369 g/mol. The van der Waals surface area contributed by atoms with Crippen molar-refractivity contribution < 1.29 is 4.79 Å². The lowest BCUT2D eigenvalue weighted by molar-refractivity contribution is -0.116. The van der Waals surface area contributed by atoms with E-state index in [-0.39, 0.29) is 5.91 Å². The molecule has 3 N–H and O–H groups in total. The number of aromatic nitrogens is 2. The van der Waals surface area contributed by atoms with E-state index in [4.69, 9.17) is 28.9 Å². The lowest BCUT2D eigenvalue weighted by Gasteiger charge is -2.10. The largest absolute Gasteiger partial charge is 0.330 e. The van der Waals surface area contributed by atoms with Crippen molar-refractivity contribution in [1.82, 2.24) is 9.78 Å². The number of anilines is 1. The van der Waals surface area contributed by atoms with Gasteiger partial charge >= 0.3 is 0 Å². The third kappa shape index (κ3) is 5.82. The van der Waals surface area contributed by atoms with E-state index >= 15 is 0 Å². The minimum Gasteiger partial charge on any atom is -0.330 e. The first-order valence-electron chi connectivity index (χ1n) is 8.06. The van der Waals surface area contributed by atoms with Gasteiger partial charge in [0.1, 0.15) is 5.82 Å². The summed E-state index contributed by atoms with van der Waals surface area (Å²) in [4.78, 5) is 12.0. The molecule has 1 amide bonds. The SMILES string of the molecule is NCCCCCCC(=O)Nc1ccnn1Cc1ccc(Cl)cc1Cl. The predicted molar refractivity (Wildman–Crippen MR) is 98.6 cm³/mol. The Bertz CT molecular complexity index is 672. The molecule has 0 aliphatic carbocycles. The second-order valence-electron chi connectivity index (χ2n) is 5.61. The first-order chi connectivity index (χ1) is 11.6. The third-order valence-corrected chi connectivity index (χ3v) is 4.26. The summed E-state index contributed by atoms with van der Waals surface area (Å²) in [6.45, 7) is 1.17. The zero-order valence-corrected chi connectivity index (χ0v) is 15.0. The number of unbranched alkanes of at least 4 members (excludes halogenated alkanes) is 3. The zero-order valence-electron chi connectivity index (χ0n) is 13.5. The first-order valence-corrected chi connectivity index (χ1v) is 8.81. The van der Waals surface area contributed by atoms with E-state index in [1.165, 1.54) is 0 Å². The number of nitrogens with zero attached hydrogens (tertiary/aromatic N) is 2. The van der Waals surface area contributed by atoms with Crippen LogP contribution in [0.5, 0.6) is 0 Å². The summed E-state index contributed by atoms with van der Waals surface area (Å²) >= 11 is 12.1. The summed E-state index contributed by atoms with van der Waals surface area (Å²) in [5, 5.41) is 8.31. The highest BCUT2D eigenvalue weighted by Gasteiger charge is 2.09. The van der Waals surface area contributed by atoms with Crippen LogP contribution in [-0.2, 0) is 11.3 Å². The molecule has 0 aliphatic rings. The molecule has 2 rings (SSSR count). The fourth-order valence-corrected chi connectivity index (χ4v) is 2.83. The van der Waals surface area contributed by atoms with Gasteiger partial charge in [-0.25, -0.2) is 4.68 Å². The molecule has 0 fully saturated rings. The van der Waals surface area contributed by atoms with Crippen LogP contribution in [-0.4, -0.2) is 22.2 Å². The quantitative estimate of drug-likeness (QED) is 0.654. The number of halogens is 2. The van der Waals surface area contributed by atoms with Crippen LogP contribution in [0.25, 0.3) is 0 Å². The molecule has 0 unspecified atom stereocenters. The molecule has 0 saturated heterocycles. The van der Waals surface area contributed by atoms with E-state index in [0.29, 0.717) is 35.4 Å². The zero-order chi connectivity index (χ0) is 17.4. The van der Waals surface area contributed by atoms with Crippen molar-refractivity contribution in [2.24, 2.45) is 5.73 Å². The lowest BCUT2D eigenvalue weighted by Crippen LogP contribution is -2.16. The fraction of sp³-hybridized carbons (Fsp3) is 0.412. The highest BCUT2D eigenvalue weighted by Crippen LogP contribution is 2.22. The Kier molecular flexibility index (Phi) is 7.56. The van der Waals surface area contributed by atoms with Crippen LogP contribution in [0.4, 0.5) is 5.82 Å². The van der Waals surface area contributed by atoms with E-state index in [0.717, 1.165) is 31.2 Å². The molecule has 0 atom stereocenters. The van der Waals surface area contributed by atoms with Gasteiger partial charge in [0.25, 0.3) is 0 Å². The van der Waals surface area contributed by atoms with Gasteiger partial charge in [-0.2, -0.15) is 5.10 Å². The minimum atomic E-state index is -0.00768. The van der Waals surface area contributed by atoms with Crippen molar-refractivity contribution in [3.63, 3.8) is 0 Å². The van der Waals surface area contributed by atoms with Crippen molar-refractivity contribution in [2.45, 2.75) is 38.6 Å². The highest BCUT2D eigenvalue weighted by atomic mass is 35.5. The molecular weight excluding hydrogens is 347 g/mol. The molecule has 130 valence electrons. The van der Waals surface area contributed by atoms with Gasteiger partial charge < -0.3 is 11.1 Å². The number of carbonyl (C=O) groups is 1. The van der Waals surface area contributed by atoms with Crippen LogP contribution in [0.2, 0.25) is 10.0 Å². The second-order valence-corrected chi connectivity index (χ2v) is 6.45. The van der Waals surface area contributed by atoms with E-state index in [2.05, 4.69) is 10.4 Å². The van der Waals surface area contributed by atoms with Crippen molar-refractivity contribution in [1.29, 1.82) is 0 Å². The number of nitrogens with one attached hydrogen (secondary N) is 1. The Hall–Kier alpha value is -1.56. The monoisotopic (exact) mass is 368 g/mol. The van der Waals surface area contributed by atoms with E-state index in [1.54, 1.807) is 29.1 Å². The summed E-state index contributed by atoms with van der Waals surface area (Å²) in [7, 11) is 0. The Morgan fingerprint density at radius 1 is 1.17 bits per heavy atom. The smallest absolute Gasteiger partial charge is 0.225 e. The van der Waals surface area contributed by atoms with Crippen molar-refractivity contribution in [3.05, 3.63) is 46.1 Å². The van der Waals surface area contributed by atoms with E-state index in [1.807, 2.05) is 6.07 Å². The Morgan fingerprint density at radius 3 is 2.71 bits per heavy atom. The molecule has 1 aromatic carbocycles. The summed E-state index contributed by atoms with van der Waals surface area (Å²) in [6, 6.07) is 7.11. The van der Waals surface area contributed by atoms with Gasteiger partial charge in [-0.3, -0.25) is 4.79 Å². The summed E-state index contributed by atoms with van der Waals surface area (Å²) < 4.78 is 1.71. The Morgan fingerprint density at radius 2 is 1.96 bits per heavy atom. The van der Waals surface area contributed by atoms with Crippen molar-refractivity contribution in [3.8, 4) is 0 Å². The van der Waals surface area contributed by atoms with Crippen LogP contribution in [0, 0.1) is 0 Å². The second kappa shape index (κ2) is 9.67. The maximum absolute atomic E-state index is 12.0. The van der Waals surface area contributed by atoms with Gasteiger partial charge in [0.05, 0.1) is 12.7 Å². The minimum absolute atomic E-state index is 0.00768. The van der Waals surface area contributed by atoms with Crippen LogP contribution in [0.15, 0.2) is 30.5 Å². The van der Waals surface area contributed by atoms with Gasteiger partial charge in [-0.05, 0) is 37.1 Å². The molecule has 0 spiro atoms. The Labute approximate surface area is 152 Å². The molecular formula is C17H22Cl2N4O. The van der Waals surface area contributed by atoms with E-state index < -0.39 is 0 Å². The number of hydrogen-bond donors (Lipinski definition) is 2. The normalized spacial score (nSPS) is 10.8. The summed E-state index contributed by atoms with van der Waals surface area (Å²) in [6.07, 6.45) is 6.11. The molecule has 0 saturated carbocycles. The van der Waals surface area contributed by atoms with Crippen LogP contribution in [0.1, 0.15) is 37.7 Å².